The molecule has 0 amide bonds. The summed E-state index contributed by atoms with van der Waals surface area (Å²) in [5, 5.41) is 7.91. The maximum absolute atomic E-state index is 9.60. The standard InChI is InChI=1S/C4H8O2.CH6Si/c1-2-3-4(5)6;1-2/h2-3H2,1H3,(H,5,6);1-2H3. The number of carboxylic acid groups (broad SMARTS) is 1. The van der Waals surface area contributed by atoms with E-state index in [2.05, 4.69) is 6.55 Å². The van der Waals surface area contributed by atoms with Crippen LogP contribution in [-0.2, 0) is 4.79 Å². The van der Waals surface area contributed by atoms with Crippen molar-refractivity contribution in [1.82, 2.24) is 0 Å². The summed E-state index contributed by atoms with van der Waals surface area (Å²) in [5.41, 5.74) is 0. The first-order valence-electron chi connectivity index (χ1n) is 2.99. The third kappa shape index (κ3) is 17.3. The van der Waals surface area contributed by atoms with Crippen LogP contribution in [0, 0.1) is 0 Å². The Labute approximate surface area is 53.3 Å². The summed E-state index contributed by atoms with van der Waals surface area (Å²) in [4.78, 5) is 9.60. The van der Waals surface area contributed by atoms with Crippen molar-refractivity contribution in [2.24, 2.45) is 0 Å². The van der Waals surface area contributed by atoms with Crippen molar-refractivity contribution >= 4 is 16.2 Å². The zero-order valence-electron chi connectivity index (χ0n) is 5.77. The molecule has 3 heteroatoms. The monoisotopic (exact) mass is 134 g/mol. The summed E-state index contributed by atoms with van der Waals surface area (Å²) in [6.07, 6.45) is 1.02. The molecule has 2 nitrogen and oxygen atoms in total. The van der Waals surface area contributed by atoms with E-state index < -0.39 is 5.97 Å². The van der Waals surface area contributed by atoms with E-state index in [0.717, 1.165) is 6.42 Å². The van der Waals surface area contributed by atoms with Crippen molar-refractivity contribution in [3.8, 4) is 0 Å². The predicted octanol–water partition coefficient (Wildman–Crippen LogP) is 0.271. The summed E-state index contributed by atoms with van der Waals surface area (Å²) in [6.45, 7) is 3.98. The first-order valence-corrected chi connectivity index (χ1v) is 4.99. The van der Waals surface area contributed by atoms with Gasteiger partial charge in [0.1, 0.15) is 0 Å². The molecule has 50 valence electrons. The van der Waals surface area contributed by atoms with Gasteiger partial charge in [0.05, 0.1) is 0 Å². The number of rotatable bonds is 2. The molecular formula is C5H14O2Si. The van der Waals surface area contributed by atoms with Crippen molar-refractivity contribution in [3.05, 3.63) is 0 Å². The molecule has 0 aliphatic heterocycles. The molecule has 0 unspecified atom stereocenters. The zero-order chi connectivity index (χ0) is 6.99. The van der Waals surface area contributed by atoms with E-state index in [1.54, 1.807) is 0 Å². The number of carboxylic acids is 1. The Hall–Kier alpha value is -0.313. The highest BCUT2D eigenvalue weighted by atomic mass is 28.1. The van der Waals surface area contributed by atoms with Crippen LogP contribution in [0.25, 0.3) is 0 Å². The Morgan fingerprint density at radius 1 is 1.62 bits per heavy atom. The molecule has 0 aromatic rings. The molecule has 0 bridgehead atoms. The minimum absolute atomic E-state index is 0.292. The maximum atomic E-state index is 9.60. The highest BCUT2D eigenvalue weighted by molar-refractivity contribution is 6.05. The molecule has 0 atom stereocenters. The average Bonchev–Trinajstić information content (AvgIpc) is 1.72. The van der Waals surface area contributed by atoms with E-state index in [-0.39, 0.29) is 0 Å². The van der Waals surface area contributed by atoms with Gasteiger partial charge in [-0.3, -0.25) is 4.79 Å². The van der Waals surface area contributed by atoms with E-state index in [9.17, 15) is 4.79 Å². The van der Waals surface area contributed by atoms with E-state index in [1.165, 1.54) is 10.2 Å². The van der Waals surface area contributed by atoms with Gasteiger partial charge in [-0.2, -0.15) is 0 Å². The van der Waals surface area contributed by atoms with Gasteiger partial charge in [0.15, 0.2) is 0 Å². The lowest BCUT2D eigenvalue weighted by molar-refractivity contribution is -0.137. The van der Waals surface area contributed by atoms with E-state index in [0.29, 0.717) is 6.42 Å². The molecular weight excluding hydrogens is 120 g/mol. The van der Waals surface area contributed by atoms with Crippen molar-refractivity contribution in [2.75, 3.05) is 0 Å². The Morgan fingerprint density at radius 2 is 2.00 bits per heavy atom. The Kier molecular flexibility index (Phi) is 13.1. The van der Waals surface area contributed by atoms with Gasteiger partial charge >= 0.3 is 5.97 Å². The summed E-state index contributed by atoms with van der Waals surface area (Å²) in [7, 11) is 1.31. The largest absolute Gasteiger partial charge is 0.481 e. The fourth-order valence-corrected chi connectivity index (χ4v) is 0.214. The molecule has 0 rings (SSSR count). The van der Waals surface area contributed by atoms with Crippen molar-refractivity contribution in [3.63, 3.8) is 0 Å². The summed E-state index contributed by atoms with van der Waals surface area (Å²) in [5.74, 6) is -0.711. The lowest BCUT2D eigenvalue weighted by Gasteiger charge is -1.79. The van der Waals surface area contributed by atoms with Crippen LogP contribution in [0.3, 0.4) is 0 Å². The summed E-state index contributed by atoms with van der Waals surface area (Å²) < 4.78 is 0. The van der Waals surface area contributed by atoms with Gasteiger partial charge in [-0.15, -0.1) is 0 Å². The molecule has 0 radical (unpaired) electrons. The predicted molar refractivity (Wildman–Crippen MR) is 38.3 cm³/mol. The molecule has 0 saturated carbocycles. The fraction of sp³-hybridized carbons (Fsp3) is 0.800. The SMILES string of the molecule is CCCC(=O)O.C[SiH3]. The van der Waals surface area contributed by atoms with Crippen molar-refractivity contribution < 1.29 is 9.90 Å². The van der Waals surface area contributed by atoms with E-state index >= 15 is 0 Å². The third-order valence-corrected chi connectivity index (χ3v) is 0.464. The minimum Gasteiger partial charge on any atom is -0.481 e. The van der Waals surface area contributed by atoms with Gasteiger partial charge in [0.25, 0.3) is 0 Å². The van der Waals surface area contributed by atoms with E-state index in [4.69, 9.17) is 5.11 Å². The first kappa shape index (κ1) is 10.6. The van der Waals surface area contributed by atoms with Gasteiger partial charge < -0.3 is 5.11 Å². The Bertz CT molecular complexity index is 54.4. The molecule has 0 saturated heterocycles. The van der Waals surface area contributed by atoms with Crippen LogP contribution in [0.2, 0.25) is 6.55 Å². The molecule has 1 N–H and O–H groups in total. The number of aliphatic carboxylic acids is 1. The van der Waals surface area contributed by atoms with Crippen LogP contribution in [-0.4, -0.2) is 21.3 Å². The Morgan fingerprint density at radius 3 is 2.00 bits per heavy atom. The van der Waals surface area contributed by atoms with Crippen LogP contribution in [0.4, 0.5) is 0 Å². The number of hydrogen-bond donors (Lipinski definition) is 1. The summed E-state index contributed by atoms with van der Waals surface area (Å²) in [6, 6.07) is 0. The second-order valence-electron chi connectivity index (χ2n) is 1.14. The third-order valence-electron chi connectivity index (χ3n) is 0.464. The van der Waals surface area contributed by atoms with Crippen LogP contribution >= 0.6 is 0 Å². The quantitative estimate of drug-likeness (QED) is 0.550. The normalized spacial score (nSPS) is 7.25. The molecule has 0 heterocycles. The number of hydrogen-bond acceptors (Lipinski definition) is 1. The number of carbonyl (C=O) groups is 1. The molecule has 0 aromatic heterocycles. The van der Waals surface area contributed by atoms with Gasteiger partial charge in [-0.05, 0) is 16.7 Å². The minimum atomic E-state index is -0.711. The summed E-state index contributed by atoms with van der Waals surface area (Å²) >= 11 is 0. The molecule has 0 fully saturated rings. The van der Waals surface area contributed by atoms with Crippen LogP contribution in [0.15, 0.2) is 0 Å². The molecule has 0 aromatic carbocycles. The molecule has 8 heavy (non-hydrogen) atoms. The second-order valence-corrected chi connectivity index (χ2v) is 1.14. The fourth-order valence-electron chi connectivity index (χ4n) is 0.214. The molecule has 0 aliphatic carbocycles. The van der Waals surface area contributed by atoms with Crippen molar-refractivity contribution in [1.29, 1.82) is 0 Å². The Balaban J connectivity index is 0. The average molecular weight is 134 g/mol. The van der Waals surface area contributed by atoms with Gasteiger partial charge in [-0.1, -0.05) is 13.5 Å². The van der Waals surface area contributed by atoms with Gasteiger partial charge in [-0.25, -0.2) is 0 Å². The smallest absolute Gasteiger partial charge is 0.303 e. The highest BCUT2D eigenvalue weighted by Crippen LogP contribution is 1.82. The zero-order valence-corrected chi connectivity index (χ0v) is 7.77. The maximum Gasteiger partial charge on any atom is 0.303 e. The van der Waals surface area contributed by atoms with Crippen LogP contribution in [0.1, 0.15) is 19.8 Å². The first-order chi connectivity index (χ1) is 3.77. The molecule has 0 spiro atoms. The van der Waals surface area contributed by atoms with Gasteiger partial charge in [0, 0.05) is 6.42 Å². The van der Waals surface area contributed by atoms with Crippen LogP contribution < -0.4 is 0 Å². The van der Waals surface area contributed by atoms with Crippen LogP contribution in [0.5, 0.6) is 0 Å². The topological polar surface area (TPSA) is 37.3 Å². The van der Waals surface area contributed by atoms with E-state index in [1.807, 2.05) is 6.92 Å². The van der Waals surface area contributed by atoms with Crippen molar-refractivity contribution in [2.45, 2.75) is 26.3 Å². The lowest BCUT2D eigenvalue weighted by Crippen LogP contribution is -1.90. The molecule has 0 aliphatic rings. The second kappa shape index (κ2) is 9.84. The van der Waals surface area contributed by atoms with Gasteiger partial charge in [0.2, 0.25) is 0 Å². The highest BCUT2D eigenvalue weighted by Gasteiger charge is 1.87. The lowest BCUT2D eigenvalue weighted by atomic mass is 10.4.